The topological polar surface area (TPSA) is 67.0 Å². The van der Waals surface area contributed by atoms with Crippen molar-refractivity contribution < 1.29 is 9.53 Å². The van der Waals surface area contributed by atoms with Crippen LogP contribution in [-0.2, 0) is 16.0 Å². The summed E-state index contributed by atoms with van der Waals surface area (Å²) in [6, 6.07) is 0. The Morgan fingerprint density at radius 3 is 3.25 bits per heavy atom. The lowest BCUT2D eigenvalue weighted by Crippen LogP contribution is -2.50. The summed E-state index contributed by atoms with van der Waals surface area (Å²) in [5.41, 5.74) is 2.84. The number of hydrogen-bond acceptors (Lipinski definition) is 4. The zero-order valence-corrected chi connectivity index (χ0v) is 11.4. The molecule has 4 rings (SSSR count). The van der Waals surface area contributed by atoms with Crippen molar-refractivity contribution >= 4 is 12.0 Å². The van der Waals surface area contributed by atoms with Gasteiger partial charge in [0.15, 0.2) is 0 Å². The van der Waals surface area contributed by atoms with Gasteiger partial charge in [-0.2, -0.15) is 5.10 Å². The first-order valence-corrected chi connectivity index (χ1v) is 7.39. The largest absolute Gasteiger partial charge is 0.465 e. The number of nitrogens with zero attached hydrogens (tertiary/aromatic N) is 1. The van der Waals surface area contributed by atoms with Crippen molar-refractivity contribution in [2.24, 2.45) is 11.3 Å². The molecule has 20 heavy (non-hydrogen) atoms. The van der Waals surface area contributed by atoms with Crippen LogP contribution < -0.4 is 5.32 Å². The predicted molar refractivity (Wildman–Crippen MR) is 73.9 cm³/mol. The number of esters is 1. The summed E-state index contributed by atoms with van der Waals surface area (Å²) in [7, 11) is 0. The summed E-state index contributed by atoms with van der Waals surface area (Å²) in [4.78, 5) is 12.7. The molecule has 0 bridgehead atoms. The monoisotopic (exact) mass is 273 g/mol. The number of piperidine rings is 1. The number of rotatable bonds is 3. The zero-order chi connectivity index (χ0) is 13.6. The minimum Gasteiger partial charge on any atom is -0.465 e. The van der Waals surface area contributed by atoms with E-state index < -0.39 is 5.41 Å². The number of fused-ring (bicyclic) bond motifs is 2. The van der Waals surface area contributed by atoms with Crippen LogP contribution in [0.2, 0.25) is 0 Å². The molecule has 0 amide bonds. The third-order valence-electron chi connectivity index (χ3n) is 4.71. The van der Waals surface area contributed by atoms with Gasteiger partial charge in [-0.15, -0.1) is 0 Å². The average molecular weight is 273 g/mol. The fourth-order valence-corrected chi connectivity index (χ4v) is 3.24. The Kier molecular flexibility index (Phi) is 2.70. The molecule has 5 nitrogen and oxygen atoms in total. The number of carbonyl (C=O) groups is 1. The van der Waals surface area contributed by atoms with Crippen LogP contribution in [0.15, 0.2) is 11.8 Å². The van der Waals surface area contributed by atoms with Gasteiger partial charge in [0.25, 0.3) is 0 Å². The lowest BCUT2D eigenvalue weighted by molar-refractivity contribution is -0.154. The molecule has 1 aromatic rings. The molecule has 3 aliphatic rings. The van der Waals surface area contributed by atoms with E-state index in [2.05, 4.69) is 21.6 Å². The Bertz CT molecular complexity index is 573. The summed E-state index contributed by atoms with van der Waals surface area (Å²) in [5.74, 6) is 0.544. The van der Waals surface area contributed by atoms with Crippen molar-refractivity contribution in [3.8, 4) is 0 Å². The van der Waals surface area contributed by atoms with Crippen molar-refractivity contribution in [3.05, 3.63) is 23.0 Å². The minimum atomic E-state index is -0.510. The van der Waals surface area contributed by atoms with E-state index in [4.69, 9.17) is 4.74 Å². The van der Waals surface area contributed by atoms with E-state index in [1.54, 1.807) is 0 Å². The van der Waals surface area contributed by atoms with E-state index >= 15 is 0 Å². The number of aromatic nitrogens is 2. The van der Waals surface area contributed by atoms with Gasteiger partial charge in [0.1, 0.15) is 5.41 Å². The number of H-pyrrole nitrogens is 1. The lowest BCUT2D eigenvalue weighted by Gasteiger charge is -2.40. The lowest BCUT2D eigenvalue weighted by atomic mass is 9.69. The Morgan fingerprint density at radius 1 is 1.50 bits per heavy atom. The van der Waals surface area contributed by atoms with Crippen LogP contribution in [0.5, 0.6) is 0 Å². The molecule has 1 aliphatic heterocycles. The van der Waals surface area contributed by atoms with E-state index in [1.165, 1.54) is 18.4 Å². The highest BCUT2D eigenvalue weighted by molar-refractivity contribution is 5.85. The van der Waals surface area contributed by atoms with Crippen LogP contribution in [0, 0.1) is 11.3 Å². The minimum absolute atomic E-state index is 0.0605. The summed E-state index contributed by atoms with van der Waals surface area (Å²) >= 11 is 0. The molecule has 2 heterocycles. The van der Waals surface area contributed by atoms with Gasteiger partial charge in [0.05, 0.1) is 18.5 Å². The predicted octanol–water partition coefficient (Wildman–Crippen LogP) is 1.28. The molecule has 0 radical (unpaired) electrons. The van der Waals surface area contributed by atoms with Crippen LogP contribution in [0.3, 0.4) is 0 Å². The maximum absolute atomic E-state index is 12.7. The van der Waals surface area contributed by atoms with Gasteiger partial charge < -0.3 is 10.1 Å². The Morgan fingerprint density at radius 2 is 2.40 bits per heavy atom. The Balaban J connectivity index is 1.64. The van der Waals surface area contributed by atoms with Gasteiger partial charge in [0, 0.05) is 6.54 Å². The van der Waals surface area contributed by atoms with Gasteiger partial charge in [0.2, 0.25) is 0 Å². The molecule has 1 saturated carbocycles. The number of aromatic amines is 1. The second-order valence-electron chi connectivity index (χ2n) is 6.21. The molecule has 1 aromatic heterocycles. The number of hydrogen-bond donors (Lipinski definition) is 2. The molecular formula is C15H19N3O2. The van der Waals surface area contributed by atoms with Crippen molar-refractivity contribution in [3.63, 3.8) is 0 Å². The number of ether oxygens (including phenoxy) is 1. The van der Waals surface area contributed by atoms with Crippen LogP contribution in [0.4, 0.5) is 0 Å². The SMILES string of the molecule is O=C(OCC1CC1)C12CNCCC1=Cc1[nH]ncc1C2. The standard InChI is InChI=1S/C15H19N3O2/c19-14(20-8-10-1-2-10)15-6-11-7-17-18-13(11)5-12(15)3-4-16-9-15/h5,7,10,16H,1-4,6,8-9H2,(H,17,18). The molecule has 0 spiro atoms. The maximum Gasteiger partial charge on any atom is 0.317 e. The third-order valence-corrected chi connectivity index (χ3v) is 4.71. The smallest absolute Gasteiger partial charge is 0.317 e. The highest BCUT2D eigenvalue weighted by Gasteiger charge is 2.47. The fraction of sp³-hybridized carbons (Fsp3) is 0.600. The Hall–Kier alpha value is -1.62. The third kappa shape index (κ3) is 1.88. The first-order chi connectivity index (χ1) is 9.78. The summed E-state index contributed by atoms with van der Waals surface area (Å²) < 4.78 is 5.61. The Labute approximate surface area is 117 Å². The van der Waals surface area contributed by atoms with Gasteiger partial charge in [-0.3, -0.25) is 9.89 Å². The number of carbonyl (C=O) groups excluding carboxylic acids is 1. The van der Waals surface area contributed by atoms with Gasteiger partial charge in [-0.1, -0.05) is 0 Å². The van der Waals surface area contributed by atoms with Crippen molar-refractivity contribution in [1.29, 1.82) is 0 Å². The normalized spacial score (nSPS) is 28.3. The van der Waals surface area contributed by atoms with E-state index in [0.29, 0.717) is 25.5 Å². The summed E-state index contributed by atoms with van der Waals surface area (Å²) in [6.07, 6.45) is 7.93. The van der Waals surface area contributed by atoms with Crippen LogP contribution in [-0.4, -0.2) is 35.9 Å². The van der Waals surface area contributed by atoms with Crippen molar-refractivity contribution in [1.82, 2.24) is 15.5 Å². The molecule has 1 saturated heterocycles. The fourth-order valence-electron chi connectivity index (χ4n) is 3.24. The van der Waals surface area contributed by atoms with Crippen molar-refractivity contribution in [2.45, 2.75) is 25.7 Å². The van der Waals surface area contributed by atoms with Crippen molar-refractivity contribution in [2.75, 3.05) is 19.7 Å². The molecular weight excluding hydrogens is 254 g/mol. The number of nitrogens with one attached hydrogen (secondary N) is 2. The van der Waals surface area contributed by atoms with E-state index in [1.807, 2.05) is 6.20 Å². The molecule has 2 aliphatic carbocycles. The van der Waals surface area contributed by atoms with Crippen LogP contribution in [0.25, 0.3) is 6.08 Å². The highest BCUT2D eigenvalue weighted by Crippen LogP contribution is 2.42. The second kappa shape index (κ2) is 4.45. The molecule has 1 unspecified atom stereocenters. The first-order valence-electron chi connectivity index (χ1n) is 7.39. The molecule has 106 valence electrons. The molecule has 2 fully saturated rings. The van der Waals surface area contributed by atoms with Gasteiger partial charge >= 0.3 is 5.97 Å². The van der Waals surface area contributed by atoms with Crippen LogP contribution in [0.1, 0.15) is 30.5 Å². The second-order valence-corrected chi connectivity index (χ2v) is 6.21. The molecule has 1 atom stereocenters. The molecule has 2 N–H and O–H groups in total. The molecule has 5 heteroatoms. The van der Waals surface area contributed by atoms with E-state index in [9.17, 15) is 4.79 Å². The van der Waals surface area contributed by atoms with E-state index in [-0.39, 0.29) is 5.97 Å². The molecule has 0 aromatic carbocycles. The summed E-state index contributed by atoms with van der Waals surface area (Å²) in [5, 5.41) is 10.5. The van der Waals surface area contributed by atoms with Crippen LogP contribution >= 0.6 is 0 Å². The quantitative estimate of drug-likeness (QED) is 0.814. The summed E-state index contributed by atoms with van der Waals surface area (Å²) in [6.45, 7) is 2.19. The van der Waals surface area contributed by atoms with E-state index in [0.717, 1.165) is 24.2 Å². The van der Waals surface area contributed by atoms with Gasteiger partial charge in [-0.25, -0.2) is 0 Å². The zero-order valence-electron chi connectivity index (χ0n) is 11.4. The average Bonchev–Trinajstić information content (AvgIpc) is 3.19. The maximum atomic E-state index is 12.7. The first kappa shape index (κ1) is 12.1. The van der Waals surface area contributed by atoms with Gasteiger partial charge in [-0.05, 0) is 55.4 Å². The highest BCUT2D eigenvalue weighted by atomic mass is 16.5.